The lowest BCUT2D eigenvalue weighted by molar-refractivity contribution is -0.135. The van der Waals surface area contributed by atoms with Crippen molar-refractivity contribution in [1.82, 2.24) is 14.9 Å². The molecule has 30 heavy (non-hydrogen) atoms. The molecule has 160 valence electrons. The number of aromatic nitrogens is 2. The summed E-state index contributed by atoms with van der Waals surface area (Å²) < 4.78 is 18.4. The standard InChI is InChI=1S/C23H29FN4O2/c1-3-20-19(14-16-4-8-18(24)9-5-16)23(26-22(25-20)17-6-7-17)28-12-10-27(11-13-28)21(29)15-30-2/h4-5,8-9,17H,3,6-7,10-15H2,1-2H3. The zero-order valence-electron chi connectivity index (χ0n) is 17.7. The predicted octanol–water partition coefficient (Wildman–Crippen LogP) is 2.94. The van der Waals surface area contributed by atoms with Crippen LogP contribution in [0.2, 0.25) is 0 Å². The minimum absolute atomic E-state index is 0.0271. The van der Waals surface area contributed by atoms with Gasteiger partial charge in [-0.1, -0.05) is 19.1 Å². The molecule has 0 atom stereocenters. The van der Waals surface area contributed by atoms with E-state index in [1.165, 1.54) is 12.1 Å². The maximum Gasteiger partial charge on any atom is 0.248 e. The Labute approximate surface area is 177 Å². The van der Waals surface area contributed by atoms with E-state index >= 15 is 0 Å². The van der Waals surface area contributed by atoms with Crippen LogP contribution in [-0.2, 0) is 22.4 Å². The van der Waals surface area contributed by atoms with Gasteiger partial charge in [-0.25, -0.2) is 14.4 Å². The molecular weight excluding hydrogens is 383 g/mol. The van der Waals surface area contributed by atoms with E-state index in [9.17, 15) is 9.18 Å². The Morgan fingerprint density at radius 3 is 2.43 bits per heavy atom. The Hall–Kier alpha value is -2.54. The fourth-order valence-corrected chi connectivity index (χ4v) is 3.98. The van der Waals surface area contributed by atoms with Gasteiger partial charge in [-0.05, 0) is 37.0 Å². The summed E-state index contributed by atoms with van der Waals surface area (Å²) in [6.45, 7) is 5.02. The van der Waals surface area contributed by atoms with Crippen LogP contribution in [0.3, 0.4) is 0 Å². The molecule has 7 heteroatoms. The summed E-state index contributed by atoms with van der Waals surface area (Å²) in [6.07, 6.45) is 3.81. The molecule has 4 rings (SSSR count). The van der Waals surface area contributed by atoms with Crippen LogP contribution in [0.15, 0.2) is 24.3 Å². The Morgan fingerprint density at radius 2 is 1.83 bits per heavy atom. The maximum atomic E-state index is 13.4. The summed E-state index contributed by atoms with van der Waals surface area (Å²) >= 11 is 0. The molecule has 1 saturated carbocycles. The van der Waals surface area contributed by atoms with Gasteiger partial charge < -0.3 is 14.5 Å². The van der Waals surface area contributed by atoms with Crippen LogP contribution < -0.4 is 4.90 Å². The van der Waals surface area contributed by atoms with Crippen molar-refractivity contribution in [3.05, 3.63) is 52.7 Å². The van der Waals surface area contributed by atoms with E-state index in [-0.39, 0.29) is 18.3 Å². The summed E-state index contributed by atoms with van der Waals surface area (Å²) in [5.74, 6) is 2.19. The van der Waals surface area contributed by atoms with Gasteiger partial charge in [-0.2, -0.15) is 0 Å². The molecule has 2 aliphatic rings. The third-order valence-electron chi connectivity index (χ3n) is 5.86. The highest BCUT2D eigenvalue weighted by atomic mass is 19.1. The molecule has 0 radical (unpaired) electrons. The number of nitrogens with zero attached hydrogens (tertiary/aromatic N) is 4. The highest BCUT2D eigenvalue weighted by Gasteiger charge is 2.31. The van der Waals surface area contributed by atoms with Crippen molar-refractivity contribution in [3.8, 4) is 0 Å². The molecule has 2 aromatic rings. The van der Waals surface area contributed by atoms with Gasteiger partial charge >= 0.3 is 0 Å². The molecule has 1 amide bonds. The van der Waals surface area contributed by atoms with E-state index in [2.05, 4.69) is 11.8 Å². The topological polar surface area (TPSA) is 58.6 Å². The number of rotatable bonds is 7. The highest BCUT2D eigenvalue weighted by Crippen LogP contribution is 2.40. The van der Waals surface area contributed by atoms with E-state index in [1.807, 2.05) is 17.0 Å². The van der Waals surface area contributed by atoms with Gasteiger partial charge in [0.2, 0.25) is 5.91 Å². The highest BCUT2D eigenvalue weighted by molar-refractivity contribution is 5.77. The maximum absolute atomic E-state index is 13.4. The number of aryl methyl sites for hydroxylation is 1. The first kappa shape index (κ1) is 20.7. The average molecular weight is 413 g/mol. The Kier molecular flexibility index (Phi) is 6.27. The fraction of sp³-hybridized carbons (Fsp3) is 0.522. The molecule has 0 spiro atoms. The van der Waals surface area contributed by atoms with Gasteiger partial charge in [0.1, 0.15) is 24.1 Å². The third kappa shape index (κ3) is 4.61. The molecule has 0 N–H and O–H groups in total. The van der Waals surface area contributed by atoms with Gasteiger partial charge in [0, 0.05) is 56.9 Å². The van der Waals surface area contributed by atoms with Crippen LogP contribution in [0, 0.1) is 5.82 Å². The van der Waals surface area contributed by atoms with Gasteiger partial charge in [0.15, 0.2) is 0 Å². The van der Waals surface area contributed by atoms with E-state index in [0.29, 0.717) is 25.4 Å². The Balaban J connectivity index is 1.62. The molecule has 1 aromatic carbocycles. The van der Waals surface area contributed by atoms with Crippen LogP contribution >= 0.6 is 0 Å². The number of benzene rings is 1. The minimum atomic E-state index is -0.230. The molecule has 0 unspecified atom stereocenters. The number of piperazine rings is 1. The SMILES string of the molecule is CCc1nc(C2CC2)nc(N2CCN(C(=O)COC)CC2)c1Cc1ccc(F)cc1. The average Bonchev–Trinajstić information content (AvgIpc) is 3.61. The lowest BCUT2D eigenvalue weighted by Crippen LogP contribution is -2.50. The molecule has 2 heterocycles. The second kappa shape index (κ2) is 9.08. The number of hydrogen-bond donors (Lipinski definition) is 0. The lowest BCUT2D eigenvalue weighted by Gasteiger charge is -2.36. The largest absolute Gasteiger partial charge is 0.375 e. The number of methoxy groups -OCH3 is 1. The molecule has 1 aliphatic carbocycles. The van der Waals surface area contributed by atoms with Gasteiger partial charge in [0.25, 0.3) is 0 Å². The summed E-state index contributed by atoms with van der Waals surface area (Å²) in [7, 11) is 1.54. The zero-order chi connectivity index (χ0) is 21.1. The van der Waals surface area contributed by atoms with Crippen molar-refractivity contribution in [2.24, 2.45) is 0 Å². The van der Waals surface area contributed by atoms with Crippen LogP contribution in [0.1, 0.15) is 48.3 Å². The van der Waals surface area contributed by atoms with Crippen molar-refractivity contribution in [2.45, 2.75) is 38.5 Å². The first-order valence-electron chi connectivity index (χ1n) is 10.7. The molecule has 1 aliphatic heterocycles. The predicted molar refractivity (Wildman–Crippen MR) is 113 cm³/mol. The first-order valence-corrected chi connectivity index (χ1v) is 10.7. The summed E-state index contributed by atoms with van der Waals surface area (Å²) in [5, 5.41) is 0. The van der Waals surface area contributed by atoms with E-state index < -0.39 is 0 Å². The first-order chi connectivity index (χ1) is 14.6. The van der Waals surface area contributed by atoms with E-state index in [4.69, 9.17) is 14.7 Å². The second-order valence-electron chi connectivity index (χ2n) is 8.06. The van der Waals surface area contributed by atoms with Crippen LogP contribution in [0.5, 0.6) is 0 Å². The van der Waals surface area contributed by atoms with Gasteiger partial charge in [0.05, 0.1) is 0 Å². The Morgan fingerprint density at radius 1 is 1.13 bits per heavy atom. The number of carbonyl (C=O) groups is 1. The summed E-state index contributed by atoms with van der Waals surface area (Å²) in [6, 6.07) is 6.66. The normalized spacial score (nSPS) is 16.8. The number of hydrogen-bond acceptors (Lipinski definition) is 5. The monoisotopic (exact) mass is 412 g/mol. The number of amides is 1. The molecule has 1 saturated heterocycles. The van der Waals surface area contributed by atoms with Crippen LogP contribution in [0.4, 0.5) is 10.2 Å². The molecule has 1 aromatic heterocycles. The van der Waals surface area contributed by atoms with Gasteiger partial charge in [-0.3, -0.25) is 4.79 Å². The number of anilines is 1. The summed E-state index contributed by atoms with van der Waals surface area (Å²) in [4.78, 5) is 26.2. The zero-order valence-corrected chi connectivity index (χ0v) is 17.7. The quantitative estimate of drug-likeness (QED) is 0.700. The third-order valence-corrected chi connectivity index (χ3v) is 5.86. The molecular formula is C23H29FN4O2. The van der Waals surface area contributed by atoms with Crippen LogP contribution in [0.25, 0.3) is 0 Å². The number of ether oxygens (including phenoxy) is 1. The van der Waals surface area contributed by atoms with Crippen molar-refractivity contribution < 1.29 is 13.9 Å². The fourth-order valence-electron chi connectivity index (χ4n) is 3.98. The van der Waals surface area contributed by atoms with E-state index in [0.717, 1.165) is 60.8 Å². The number of halogens is 1. The molecule has 6 nitrogen and oxygen atoms in total. The smallest absolute Gasteiger partial charge is 0.248 e. The lowest BCUT2D eigenvalue weighted by atomic mass is 10.0. The molecule has 2 fully saturated rings. The van der Waals surface area contributed by atoms with Crippen LogP contribution in [-0.4, -0.2) is 60.7 Å². The minimum Gasteiger partial charge on any atom is -0.375 e. The Bertz CT molecular complexity index is 891. The van der Waals surface area contributed by atoms with Crippen molar-refractivity contribution in [2.75, 3.05) is 44.8 Å². The number of carbonyl (C=O) groups excluding carboxylic acids is 1. The van der Waals surface area contributed by atoms with E-state index in [1.54, 1.807) is 7.11 Å². The molecule has 0 bridgehead atoms. The van der Waals surface area contributed by atoms with Crippen molar-refractivity contribution in [3.63, 3.8) is 0 Å². The van der Waals surface area contributed by atoms with Crippen molar-refractivity contribution >= 4 is 11.7 Å². The second-order valence-corrected chi connectivity index (χ2v) is 8.06. The van der Waals surface area contributed by atoms with Gasteiger partial charge in [-0.15, -0.1) is 0 Å². The van der Waals surface area contributed by atoms with Crippen molar-refractivity contribution in [1.29, 1.82) is 0 Å². The summed E-state index contributed by atoms with van der Waals surface area (Å²) in [5.41, 5.74) is 3.23.